The van der Waals surface area contributed by atoms with Gasteiger partial charge in [-0.1, -0.05) is 23.8 Å². The lowest BCUT2D eigenvalue weighted by molar-refractivity contribution is -0.119. The zero-order chi connectivity index (χ0) is 20.7. The molecule has 9 heteroatoms. The van der Waals surface area contributed by atoms with E-state index in [-0.39, 0.29) is 12.5 Å². The fraction of sp³-hybridized carbons (Fsp3) is 0.211. The van der Waals surface area contributed by atoms with Gasteiger partial charge >= 0.3 is 6.09 Å². The highest BCUT2D eigenvalue weighted by Gasteiger charge is 2.31. The van der Waals surface area contributed by atoms with Gasteiger partial charge in [0, 0.05) is 36.1 Å². The van der Waals surface area contributed by atoms with E-state index in [0.717, 1.165) is 0 Å². The number of aliphatic imine (C=N–C) groups is 1. The normalized spacial score (nSPS) is 19.3. The number of carbonyl (C=O) groups excluding carboxylic acids is 1. The molecular weight excluding hydrogens is 382 g/mol. The van der Waals surface area contributed by atoms with E-state index in [1.54, 1.807) is 49.6 Å². The summed E-state index contributed by atoms with van der Waals surface area (Å²) in [7, 11) is 0. The van der Waals surface area contributed by atoms with Crippen molar-refractivity contribution in [2.45, 2.75) is 19.0 Å². The van der Waals surface area contributed by atoms with E-state index in [4.69, 9.17) is 28.2 Å². The quantitative estimate of drug-likeness (QED) is 0.575. The first-order chi connectivity index (χ1) is 13.3. The summed E-state index contributed by atoms with van der Waals surface area (Å²) in [6.45, 7) is 2.40. The number of nitrogen functional groups attached to an aromatic ring is 1. The summed E-state index contributed by atoms with van der Waals surface area (Å²) in [6, 6.07) is 3.31. The number of carboxylic acid groups (broad SMARTS) is 1. The van der Waals surface area contributed by atoms with Gasteiger partial charge in [0.15, 0.2) is 5.54 Å². The van der Waals surface area contributed by atoms with Crippen molar-refractivity contribution in [1.29, 1.82) is 0 Å². The summed E-state index contributed by atoms with van der Waals surface area (Å²) >= 11 is 5.99. The Hall–Kier alpha value is -3.10. The third kappa shape index (κ3) is 4.99. The zero-order valence-electron chi connectivity index (χ0n) is 15.3. The summed E-state index contributed by atoms with van der Waals surface area (Å²) in [5, 5.41) is 11.6. The number of anilines is 2. The highest BCUT2D eigenvalue weighted by molar-refractivity contribution is 6.32. The van der Waals surface area contributed by atoms with Crippen molar-refractivity contribution in [2.24, 2.45) is 10.7 Å². The zero-order valence-corrected chi connectivity index (χ0v) is 16.1. The second-order valence-electron chi connectivity index (χ2n) is 6.13. The Labute approximate surface area is 167 Å². The van der Waals surface area contributed by atoms with Crippen molar-refractivity contribution < 1.29 is 14.7 Å². The summed E-state index contributed by atoms with van der Waals surface area (Å²) in [4.78, 5) is 27.7. The van der Waals surface area contributed by atoms with Crippen LogP contribution >= 0.6 is 11.6 Å². The van der Waals surface area contributed by atoms with Gasteiger partial charge in [-0.25, -0.2) is 4.79 Å². The first kappa shape index (κ1) is 21.2. The molecule has 0 bridgehead atoms. The predicted molar refractivity (Wildman–Crippen MR) is 111 cm³/mol. The van der Waals surface area contributed by atoms with Crippen LogP contribution in [0.3, 0.4) is 0 Å². The van der Waals surface area contributed by atoms with Crippen molar-refractivity contribution in [1.82, 2.24) is 4.90 Å². The van der Waals surface area contributed by atoms with Gasteiger partial charge < -0.3 is 21.9 Å². The highest BCUT2D eigenvalue weighted by Crippen LogP contribution is 2.30. The predicted octanol–water partition coefficient (Wildman–Crippen LogP) is 2.77. The number of amides is 2. The molecule has 0 saturated heterocycles. The Balaban J connectivity index is 0.000000261. The number of hydrogen-bond acceptors (Lipinski definition) is 5. The summed E-state index contributed by atoms with van der Waals surface area (Å²) in [5.74, 6) is -0.255. The van der Waals surface area contributed by atoms with E-state index >= 15 is 0 Å². The smallest absolute Gasteiger partial charge is 0.411 e. The molecule has 0 radical (unpaired) electrons. The lowest BCUT2D eigenvalue weighted by Gasteiger charge is -2.19. The molecular formula is C19H22ClN5O3. The molecule has 1 aromatic rings. The average Bonchev–Trinajstić information content (AvgIpc) is 3.13. The summed E-state index contributed by atoms with van der Waals surface area (Å²) < 4.78 is 0. The van der Waals surface area contributed by atoms with Crippen LogP contribution < -0.4 is 16.8 Å². The Morgan fingerprint density at radius 1 is 1.36 bits per heavy atom. The maximum Gasteiger partial charge on any atom is 0.411 e. The molecule has 28 heavy (non-hydrogen) atoms. The second kappa shape index (κ2) is 9.20. The maximum absolute atomic E-state index is 12.2. The molecule has 0 fully saturated rings. The SMILES string of the molecule is C[C@@]1(C(=O)Nc2ccc(Cl)c(CN)c2N)C=CC=N1.O=C(O)N1C=CC=CC1. The molecule has 0 spiro atoms. The topological polar surface area (TPSA) is 134 Å². The molecule has 0 unspecified atom stereocenters. The molecule has 2 heterocycles. The van der Waals surface area contributed by atoms with Gasteiger partial charge in [0.2, 0.25) is 0 Å². The van der Waals surface area contributed by atoms with Crippen molar-refractivity contribution in [3.05, 3.63) is 59.3 Å². The van der Waals surface area contributed by atoms with Gasteiger partial charge in [0.25, 0.3) is 5.91 Å². The van der Waals surface area contributed by atoms with Crippen LogP contribution in [0.25, 0.3) is 0 Å². The fourth-order valence-corrected chi connectivity index (χ4v) is 2.66. The van der Waals surface area contributed by atoms with Crippen LogP contribution in [0.15, 0.2) is 53.7 Å². The van der Waals surface area contributed by atoms with Crippen LogP contribution in [0, 0.1) is 0 Å². The molecule has 1 aromatic carbocycles. The minimum absolute atomic E-state index is 0.212. The number of carbonyl (C=O) groups is 2. The van der Waals surface area contributed by atoms with Crippen molar-refractivity contribution in [3.8, 4) is 0 Å². The largest absolute Gasteiger partial charge is 0.465 e. The maximum atomic E-state index is 12.2. The lowest BCUT2D eigenvalue weighted by Crippen LogP contribution is -2.35. The van der Waals surface area contributed by atoms with E-state index in [2.05, 4.69) is 10.3 Å². The Morgan fingerprint density at radius 3 is 2.61 bits per heavy atom. The first-order valence-electron chi connectivity index (χ1n) is 8.43. The summed E-state index contributed by atoms with van der Waals surface area (Å²) in [6.07, 6.45) is 11.0. The molecule has 1 atom stereocenters. The number of rotatable bonds is 3. The fourth-order valence-electron chi connectivity index (χ4n) is 2.42. The number of allylic oxidation sites excluding steroid dienone is 3. The number of benzene rings is 1. The molecule has 0 saturated carbocycles. The Kier molecular flexibility index (Phi) is 6.97. The highest BCUT2D eigenvalue weighted by atomic mass is 35.5. The number of nitrogens with one attached hydrogen (secondary N) is 1. The number of nitrogens with zero attached hydrogens (tertiary/aromatic N) is 2. The van der Waals surface area contributed by atoms with Gasteiger partial charge in [-0.2, -0.15) is 0 Å². The van der Waals surface area contributed by atoms with Gasteiger partial charge in [0.1, 0.15) is 0 Å². The van der Waals surface area contributed by atoms with E-state index in [0.29, 0.717) is 28.5 Å². The second-order valence-corrected chi connectivity index (χ2v) is 6.54. The standard InChI is InChI=1S/C13H15ClN4O.C6H7NO2/c1-13(5-2-6-17-13)12(19)18-10-4-3-9(14)8(7-15)11(10)16;8-6(9)7-4-2-1-3-5-7/h2-6H,7,15-16H2,1H3,(H,18,19);1-4H,5H2,(H,8,9)/t13-;/m0./s1. The van der Waals surface area contributed by atoms with Crippen LogP contribution in [-0.4, -0.2) is 40.3 Å². The molecule has 0 aliphatic carbocycles. The molecule has 0 aromatic heterocycles. The van der Waals surface area contributed by atoms with Crippen LogP contribution in [0.1, 0.15) is 12.5 Å². The average molecular weight is 404 g/mol. The van der Waals surface area contributed by atoms with E-state index in [1.165, 1.54) is 11.1 Å². The van der Waals surface area contributed by atoms with Crippen molar-refractivity contribution in [3.63, 3.8) is 0 Å². The van der Waals surface area contributed by atoms with Crippen molar-refractivity contribution >= 4 is 41.2 Å². The number of nitrogens with two attached hydrogens (primary N) is 2. The van der Waals surface area contributed by atoms with Gasteiger partial charge in [0.05, 0.1) is 11.4 Å². The summed E-state index contributed by atoms with van der Waals surface area (Å²) in [5.41, 5.74) is 12.1. The molecule has 3 rings (SSSR count). The van der Waals surface area contributed by atoms with Crippen LogP contribution in [0.2, 0.25) is 5.02 Å². The number of halogens is 1. The van der Waals surface area contributed by atoms with E-state index < -0.39 is 11.6 Å². The van der Waals surface area contributed by atoms with Crippen LogP contribution in [-0.2, 0) is 11.3 Å². The van der Waals surface area contributed by atoms with Crippen molar-refractivity contribution in [2.75, 3.05) is 17.6 Å². The van der Waals surface area contributed by atoms with Gasteiger partial charge in [-0.15, -0.1) is 0 Å². The third-order valence-corrected chi connectivity index (χ3v) is 4.48. The molecule has 8 nitrogen and oxygen atoms in total. The monoisotopic (exact) mass is 403 g/mol. The molecule has 2 aliphatic heterocycles. The first-order valence-corrected chi connectivity index (χ1v) is 8.80. The Bertz CT molecular complexity index is 865. The molecule has 6 N–H and O–H groups in total. The number of hydrogen-bond donors (Lipinski definition) is 4. The molecule has 2 aliphatic rings. The minimum atomic E-state index is -0.907. The van der Waals surface area contributed by atoms with E-state index in [1.807, 2.05) is 6.08 Å². The van der Waals surface area contributed by atoms with Crippen LogP contribution in [0.5, 0.6) is 0 Å². The van der Waals surface area contributed by atoms with Gasteiger partial charge in [-0.05, 0) is 37.3 Å². The third-order valence-electron chi connectivity index (χ3n) is 4.12. The molecule has 148 valence electrons. The molecule has 2 amide bonds. The minimum Gasteiger partial charge on any atom is -0.465 e. The van der Waals surface area contributed by atoms with Crippen LogP contribution in [0.4, 0.5) is 16.2 Å². The van der Waals surface area contributed by atoms with E-state index in [9.17, 15) is 9.59 Å². The lowest BCUT2D eigenvalue weighted by atomic mass is 10.0. The Morgan fingerprint density at radius 2 is 2.11 bits per heavy atom. The van der Waals surface area contributed by atoms with Gasteiger partial charge in [-0.3, -0.25) is 14.7 Å².